The van der Waals surface area contributed by atoms with Crippen LogP contribution in [-0.2, 0) is 6.42 Å². The Labute approximate surface area is 69.2 Å². The quantitative estimate of drug-likeness (QED) is 0.626. The molecule has 1 aromatic rings. The molecule has 58 valence electrons. The molecule has 0 saturated heterocycles. The molecule has 0 bridgehead atoms. The van der Waals surface area contributed by atoms with Crippen molar-refractivity contribution in [3.05, 3.63) is 21.9 Å². The molecule has 0 fully saturated rings. The van der Waals surface area contributed by atoms with E-state index in [4.69, 9.17) is 0 Å². The number of fused-ring (bicyclic) bond motifs is 1. The summed E-state index contributed by atoms with van der Waals surface area (Å²) in [6.45, 7) is 1.43. The number of Topliss-reactive ketones (excluding diaryl/α,β-unsaturated/α-hetero) is 1. The standard InChI is InChI=1S/C8H9NOS/c10-7-5-9-3-1-8-6(7)2-4-11-8/h2,4,9H,1,3,5H2. The molecule has 0 radical (unpaired) electrons. The summed E-state index contributed by atoms with van der Waals surface area (Å²) in [5, 5.41) is 5.08. The Morgan fingerprint density at radius 3 is 3.36 bits per heavy atom. The van der Waals surface area contributed by atoms with Crippen molar-refractivity contribution in [3.63, 3.8) is 0 Å². The van der Waals surface area contributed by atoms with Gasteiger partial charge in [0.25, 0.3) is 0 Å². The highest BCUT2D eigenvalue weighted by molar-refractivity contribution is 7.10. The minimum Gasteiger partial charge on any atom is -0.309 e. The van der Waals surface area contributed by atoms with E-state index in [9.17, 15) is 4.79 Å². The summed E-state index contributed by atoms with van der Waals surface area (Å²) in [6, 6.07) is 1.93. The molecular weight excluding hydrogens is 158 g/mol. The van der Waals surface area contributed by atoms with Gasteiger partial charge in [0.05, 0.1) is 6.54 Å². The maximum absolute atomic E-state index is 11.3. The van der Waals surface area contributed by atoms with Crippen LogP contribution in [0, 0.1) is 0 Å². The molecule has 11 heavy (non-hydrogen) atoms. The Hall–Kier alpha value is -0.670. The van der Waals surface area contributed by atoms with Gasteiger partial charge in [-0.1, -0.05) is 0 Å². The summed E-state index contributed by atoms with van der Waals surface area (Å²) in [6.07, 6.45) is 0.999. The summed E-state index contributed by atoms with van der Waals surface area (Å²) in [4.78, 5) is 12.5. The minimum absolute atomic E-state index is 0.235. The maximum atomic E-state index is 11.3. The predicted molar refractivity (Wildman–Crippen MR) is 45.2 cm³/mol. The zero-order chi connectivity index (χ0) is 7.68. The van der Waals surface area contributed by atoms with Crippen LogP contribution in [0.2, 0.25) is 0 Å². The van der Waals surface area contributed by atoms with E-state index < -0.39 is 0 Å². The van der Waals surface area contributed by atoms with Gasteiger partial charge in [0.2, 0.25) is 0 Å². The fourth-order valence-corrected chi connectivity index (χ4v) is 2.18. The Balaban J connectivity index is 2.41. The van der Waals surface area contributed by atoms with Crippen molar-refractivity contribution in [2.45, 2.75) is 6.42 Å². The average molecular weight is 167 g/mol. The molecule has 0 spiro atoms. The molecule has 0 aromatic carbocycles. The third kappa shape index (κ3) is 1.21. The van der Waals surface area contributed by atoms with Gasteiger partial charge in [-0.15, -0.1) is 11.3 Å². The third-order valence-electron chi connectivity index (χ3n) is 1.86. The number of rotatable bonds is 0. The summed E-state index contributed by atoms with van der Waals surface area (Å²) >= 11 is 1.68. The first-order valence-electron chi connectivity index (χ1n) is 3.68. The monoisotopic (exact) mass is 167 g/mol. The van der Waals surface area contributed by atoms with Crippen molar-refractivity contribution in [2.24, 2.45) is 0 Å². The molecular formula is C8H9NOS. The zero-order valence-corrected chi connectivity index (χ0v) is 6.91. The van der Waals surface area contributed by atoms with Crippen LogP contribution in [0.5, 0.6) is 0 Å². The molecule has 0 atom stereocenters. The highest BCUT2D eigenvalue weighted by Gasteiger charge is 2.14. The minimum atomic E-state index is 0.235. The SMILES string of the molecule is O=C1CNCCc2sccc21. The number of ketones is 1. The van der Waals surface area contributed by atoms with Crippen LogP contribution in [-0.4, -0.2) is 18.9 Å². The van der Waals surface area contributed by atoms with Gasteiger partial charge in [0, 0.05) is 17.0 Å². The number of thiophene rings is 1. The molecule has 1 aromatic heterocycles. The number of hydrogen-bond acceptors (Lipinski definition) is 3. The number of carbonyl (C=O) groups excluding carboxylic acids is 1. The predicted octanol–water partition coefficient (Wildman–Crippen LogP) is 1.08. The highest BCUT2D eigenvalue weighted by Crippen LogP contribution is 2.18. The van der Waals surface area contributed by atoms with E-state index in [0.29, 0.717) is 6.54 Å². The molecule has 0 saturated carbocycles. The summed E-state index contributed by atoms with van der Waals surface area (Å²) in [7, 11) is 0. The maximum Gasteiger partial charge on any atom is 0.177 e. The van der Waals surface area contributed by atoms with E-state index in [-0.39, 0.29) is 5.78 Å². The molecule has 0 unspecified atom stereocenters. The van der Waals surface area contributed by atoms with Crippen molar-refractivity contribution in [2.75, 3.05) is 13.1 Å². The number of carbonyl (C=O) groups is 1. The summed E-state index contributed by atoms with van der Waals surface area (Å²) in [5.41, 5.74) is 0.931. The molecule has 1 aliphatic heterocycles. The topological polar surface area (TPSA) is 29.1 Å². The normalized spacial score (nSPS) is 17.6. The van der Waals surface area contributed by atoms with E-state index in [0.717, 1.165) is 18.5 Å². The first-order valence-corrected chi connectivity index (χ1v) is 4.56. The second-order valence-electron chi connectivity index (χ2n) is 2.61. The molecule has 2 heterocycles. The van der Waals surface area contributed by atoms with Gasteiger partial charge in [0.1, 0.15) is 0 Å². The number of nitrogens with one attached hydrogen (secondary N) is 1. The second-order valence-corrected chi connectivity index (χ2v) is 3.61. The van der Waals surface area contributed by atoms with Gasteiger partial charge in [-0.2, -0.15) is 0 Å². The van der Waals surface area contributed by atoms with Gasteiger partial charge in [-0.3, -0.25) is 4.79 Å². The fourth-order valence-electron chi connectivity index (χ4n) is 1.28. The molecule has 0 aliphatic carbocycles. The van der Waals surface area contributed by atoms with E-state index in [2.05, 4.69) is 5.32 Å². The van der Waals surface area contributed by atoms with E-state index >= 15 is 0 Å². The zero-order valence-electron chi connectivity index (χ0n) is 6.09. The average Bonchev–Trinajstić information content (AvgIpc) is 2.40. The van der Waals surface area contributed by atoms with Gasteiger partial charge < -0.3 is 5.32 Å². The smallest absolute Gasteiger partial charge is 0.177 e. The second kappa shape index (κ2) is 2.75. The molecule has 1 N–H and O–H groups in total. The molecule has 2 nitrogen and oxygen atoms in total. The fraction of sp³-hybridized carbons (Fsp3) is 0.375. The van der Waals surface area contributed by atoms with Crippen LogP contribution < -0.4 is 5.32 Å². The number of hydrogen-bond donors (Lipinski definition) is 1. The van der Waals surface area contributed by atoms with Crippen molar-refractivity contribution in [3.8, 4) is 0 Å². The third-order valence-corrected chi connectivity index (χ3v) is 2.84. The summed E-state index contributed by atoms with van der Waals surface area (Å²) < 4.78 is 0. The Bertz CT molecular complexity index is 279. The van der Waals surface area contributed by atoms with Crippen molar-refractivity contribution in [1.82, 2.24) is 5.32 Å². The van der Waals surface area contributed by atoms with Gasteiger partial charge in [-0.25, -0.2) is 0 Å². The van der Waals surface area contributed by atoms with Gasteiger partial charge in [0.15, 0.2) is 5.78 Å². The lowest BCUT2D eigenvalue weighted by molar-refractivity contribution is 0.0994. The summed E-state index contributed by atoms with van der Waals surface area (Å²) in [5.74, 6) is 0.235. The van der Waals surface area contributed by atoms with Gasteiger partial charge in [-0.05, 0) is 17.9 Å². The first-order chi connectivity index (χ1) is 5.38. The van der Waals surface area contributed by atoms with E-state index in [1.165, 1.54) is 4.88 Å². The lowest BCUT2D eigenvalue weighted by Crippen LogP contribution is -2.21. The lowest BCUT2D eigenvalue weighted by atomic mass is 10.1. The van der Waals surface area contributed by atoms with Crippen LogP contribution in [0.4, 0.5) is 0 Å². The van der Waals surface area contributed by atoms with Crippen LogP contribution in [0.3, 0.4) is 0 Å². The highest BCUT2D eigenvalue weighted by atomic mass is 32.1. The van der Waals surface area contributed by atoms with Gasteiger partial charge >= 0.3 is 0 Å². The van der Waals surface area contributed by atoms with E-state index in [1.807, 2.05) is 11.4 Å². The van der Waals surface area contributed by atoms with Crippen molar-refractivity contribution >= 4 is 17.1 Å². The van der Waals surface area contributed by atoms with Crippen molar-refractivity contribution in [1.29, 1.82) is 0 Å². The molecule has 0 amide bonds. The molecule has 2 rings (SSSR count). The van der Waals surface area contributed by atoms with Crippen LogP contribution in [0.15, 0.2) is 11.4 Å². The molecule has 1 aliphatic rings. The van der Waals surface area contributed by atoms with Crippen LogP contribution in [0.1, 0.15) is 15.2 Å². The molecule has 3 heteroatoms. The van der Waals surface area contributed by atoms with Crippen LogP contribution >= 0.6 is 11.3 Å². The largest absolute Gasteiger partial charge is 0.309 e. The first kappa shape index (κ1) is 7.00. The Kier molecular flexibility index (Phi) is 1.75. The lowest BCUT2D eigenvalue weighted by Gasteiger charge is -1.93. The Morgan fingerprint density at radius 2 is 2.45 bits per heavy atom. The van der Waals surface area contributed by atoms with Crippen molar-refractivity contribution < 1.29 is 4.79 Å². The van der Waals surface area contributed by atoms with Crippen LogP contribution in [0.25, 0.3) is 0 Å². The van der Waals surface area contributed by atoms with E-state index in [1.54, 1.807) is 11.3 Å². The Morgan fingerprint density at radius 1 is 1.55 bits per heavy atom.